The standard InChI is InChI=1S/C26H32N8O2S/c1-19-16-33(14-12-27-19)17-20-6-8-23(9-7-20)30-26-29-15-21-10-13-34(25(21)31-26)18-22-5-4-11-28-24(22)32(2)37(3,35)36/h4-11,13,15,19,27H,12,14,16-18H2,1-3H3,(H,29,30,31)/t19-/m0/s1. The molecule has 0 bridgehead atoms. The summed E-state index contributed by atoms with van der Waals surface area (Å²) < 4.78 is 27.4. The predicted molar refractivity (Wildman–Crippen MR) is 147 cm³/mol. The minimum absolute atomic E-state index is 0.398. The average Bonchev–Trinajstić information content (AvgIpc) is 3.26. The van der Waals surface area contributed by atoms with Gasteiger partial charge in [-0.2, -0.15) is 4.98 Å². The van der Waals surface area contributed by atoms with E-state index in [0.29, 0.717) is 24.4 Å². The number of rotatable bonds is 8. The van der Waals surface area contributed by atoms with E-state index in [0.717, 1.165) is 48.5 Å². The smallest absolute Gasteiger partial charge is 0.233 e. The molecule has 3 aromatic heterocycles. The molecule has 11 heteroatoms. The van der Waals surface area contributed by atoms with Gasteiger partial charge in [0.2, 0.25) is 16.0 Å². The second-order valence-corrected chi connectivity index (χ2v) is 11.6. The Kier molecular flexibility index (Phi) is 7.09. The molecule has 194 valence electrons. The average molecular weight is 521 g/mol. The van der Waals surface area contributed by atoms with Crippen LogP contribution in [-0.2, 0) is 23.1 Å². The molecule has 0 unspecified atom stereocenters. The molecule has 1 atom stereocenters. The summed E-state index contributed by atoms with van der Waals surface area (Å²) in [6, 6.07) is 14.5. The van der Waals surface area contributed by atoms with Gasteiger partial charge in [-0.15, -0.1) is 0 Å². The zero-order valence-electron chi connectivity index (χ0n) is 21.3. The van der Waals surface area contributed by atoms with Crippen molar-refractivity contribution in [1.82, 2.24) is 29.7 Å². The minimum atomic E-state index is -3.43. The van der Waals surface area contributed by atoms with E-state index in [4.69, 9.17) is 4.98 Å². The lowest BCUT2D eigenvalue weighted by Crippen LogP contribution is -2.48. The molecule has 10 nitrogen and oxygen atoms in total. The van der Waals surface area contributed by atoms with E-state index in [-0.39, 0.29) is 0 Å². The lowest BCUT2D eigenvalue weighted by Gasteiger charge is -2.31. The number of aromatic nitrogens is 4. The summed E-state index contributed by atoms with van der Waals surface area (Å²) in [5.74, 6) is 0.894. The zero-order chi connectivity index (χ0) is 26.0. The van der Waals surface area contributed by atoms with Crippen molar-refractivity contribution >= 4 is 38.5 Å². The molecule has 0 aliphatic carbocycles. The lowest BCUT2D eigenvalue weighted by atomic mass is 10.1. The second-order valence-electron chi connectivity index (χ2n) is 9.55. The molecule has 1 saturated heterocycles. The van der Waals surface area contributed by atoms with Crippen LogP contribution in [0.5, 0.6) is 0 Å². The van der Waals surface area contributed by atoms with Gasteiger partial charge in [0.1, 0.15) is 11.5 Å². The molecule has 1 aliphatic rings. The first-order chi connectivity index (χ1) is 17.8. The second kappa shape index (κ2) is 10.4. The number of hydrogen-bond donors (Lipinski definition) is 2. The van der Waals surface area contributed by atoms with Crippen LogP contribution in [0.25, 0.3) is 11.0 Å². The van der Waals surface area contributed by atoms with Gasteiger partial charge in [0.05, 0.1) is 12.8 Å². The highest BCUT2D eigenvalue weighted by molar-refractivity contribution is 7.92. The first-order valence-corrected chi connectivity index (χ1v) is 14.1. The van der Waals surface area contributed by atoms with E-state index in [9.17, 15) is 8.42 Å². The van der Waals surface area contributed by atoms with Crippen molar-refractivity contribution in [3.8, 4) is 0 Å². The summed E-state index contributed by atoms with van der Waals surface area (Å²) in [5, 5.41) is 7.68. The number of hydrogen-bond acceptors (Lipinski definition) is 8. The van der Waals surface area contributed by atoms with Crippen molar-refractivity contribution in [2.45, 2.75) is 26.1 Å². The van der Waals surface area contributed by atoms with Crippen molar-refractivity contribution in [1.29, 1.82) is 0 Å². The van der Waals surface area contributed by atoms with Crippen LogP contribution >= 0.6 is 0 Å². The Hall–Kier alpha value is -3.54. The van der Waals surface area contributed by atoms with Gasteiger partial charge in [-0.05, 0) is 36.8 Å². The number of anilines is 3. The van der Waals surface area contributed by atoms with Gasteiger partial charge in [0, 0.05) is 74.5 Å². The van der Waals surface area contributed by atoms with Gasteiger partial charge in [0.15, 0.2) is 0 Å². The summed E-state index contributed by atoms with van der Waals surface area (Å²) in [6.45, 7) is 6.71. The van der Waals surface area contributed by atoms with Crippen LogP contribution < -0.4 is 14.9 Å². The minimum Gasteiger partial charge on any atom is -0.328 e. The largest absolute Gasteiger partial charge is 0.328 e. The van der Waals surface area contributed by atoms with E-state index in [1.54, 1.807) is 18.5 Å². The Morgan fingerprint density at radius 3 is 2.70 bits per heavy atom. The fourth-order valence-corrected chi connectivity index (χ4v) is 5.05. The van der Waals surface area contributed by atoms with Gasteiger partial charge < -0.3 is 15.2 Å². The topological polar surface area (TPSA) is 108 Å². The predicted octanol–water partition coefficient (Wildman–Crippen LogP) is 2.81. The molecule has 5 rings (SSSR count). The van der Waals surface area contributed by atoms with E-state index in [1.165, 1.54) is 23.2 Å². The molecule has 1 aliphatic heterocycles. The molecule has 1 aromatic carbocycles. The molecule has 2 N–H and O–H groups in total. The van der Waals surface area contributed by atoms with Crippen LogP contribution in [0.2, 0.25) is 0 Å². The molecule has 0 saturated carbocycles. The normalized spacial score (nSPS) is 16.7. The van der Waals surface area contributed by atoms with Gasteiger partial charge in [-0.3, -0.25) is 9.21 Å². The Balaban J connectivity index is 1.32. The SMILES string of the molecule is C[C@H]1CN(Cc2ccc(Nc3ncc4ccn(Cc5cccnc5N(C)S(C)(=O)=O)c4n3)cc2)CCN1. The van der Waals surface area contributed by atoms with Gasteiger partial charge in [-0.1, -0.05) is 18.2 Å². The molecule has 37 heavy (non-hydrogen) atoms. The van der Waals surface area contributed by atoms with Gasteiger partial charge >= 0.3 is 0 Å². The van der Waals surface area contributed by atoms with Crippen molar-refractivity contribution in [3.63, 3.8) is 0 Å². The Bertz CT molecular complexity index is 1490. The van der Waals surface area contributed by atoms with E-state index in [2.05, 4.69) is 56.7 Å². The fourth-order valence-electron chi connectivity index (χ4n) is 4.57. The Labute approximate surface area is 217 Å². The number of nitrogens with zero attached hydrogens (tertiary/aromatic N) is 6. The van der Waals surface area contributed by atoms with Gasteiger partial charge in [0.25, 0.3) is 0 Å². The van der Waals surface area contributed by atoms with Crippen molar-refractivity contribution in [2.24, 2.45) is 0 Å². The molecule has 4 aromatic rings. The first-order valence-electron chi connectivity index (χ1n) is 12.3. The number of sulfonamides is 1. The number of nitrogens with one attached hydrogen (secondary N) is 2. The van der Waals surface area contributed by atoms with Crippen molar-refractivity contribution < 1.29 is 8.42 Å². The molecule has 0 radical (unpaired) electrons. The fraction of sp³-hybridized carbons (Fsp3) is 0.346. The van der Waals surface area contributed by atoms with E-state index in [1.807, 2.05) is 22.9 Å². The molecule has 1 fully saturated rings. The third-order valence-electron chi connectivity index (χ3n) is 6.58. The Morgan fingerprint density at radius 1 is 1.14 bits per heavy atom. The number of piperazine rings is 1. The van der Waals surface area contributed by atoms with Gasteiger partial charge in [-0.25, -0.2) is 18.4 Å². The lowest BCUT2D eigenvalue weighted by molar-refractivity contribution is 0.199. The number of benzene rings is 1. The molecular formula is C26H32N8O2S. The summed E-state index contributed by atoms with van der Waals surface area (Å²) in [5.41, 5.74) is 3.71. The summed E-state index contributed by atoms with van der Waals surface area (Å²) in [6.07, 6.45) is 6.47. The number of pyridine rings is 1. The summed E-state index contributed by atoms with van der Waals surface area (Å²) in [4.78, 5) is 16.0. The molecular weight excluding hydrogens is 488 g/mol. The van der Waals surface area contributed by atoms with Crippen LogP contribution in [0.15, 0.2) is 61.1 Å². The molecule has 0 amide bonds. The van der Waals surface area contributed by atoms with E-state index < -0.39 is 10.0 Å². The highest BCUT2D eigenvalue weighted by Gasteiger charge is 2.18. The van der Waals surface area contributed by atoms with Crippen LogP contribution in [0, 0.1) is 0 Å². The highest BCUT2D eigenvalue weighted by atomic mass is 32.2. The maximum absolute atomic E-state index is 12.1. The van der Waals surface area contributed by atoms with Crippen LogP contribution in [0.4, 0.5) is 17.5 Å². The van der Waals surface area contributed by atoms with Crippen LogP contribution in [-0.4, -0.2) is 71.8 Å². The van der Waals surface area contributed by atoms with Crippen molar-refractivity contribution in [3.05, 3.63) is 72.2 Å². The summed E-state index contributed by atoms with van der Waals surface area (Å²) >= 11 is 0. The third-order valence-corrected chi connectivity index (χ3v) is 7.74. The van der Waals surface area contributed by atoms with Crippen molar-refractivity contribution in [2.75, 3.05) is 42.6 Å². The van der Waals surface area contributed by atoms with Crippen LogP contribution in [0.3, 0.4) is 0 Å². The maximum atomic E-state index is 12.1. The molecule has 0 spiro atoms. The first kappa shape index (κ1) is 25.1. The number of fused-ring (bicyclic) bond motifs is 1. The quantitative estimate of drug-likeness (QED) is 0.365. The highest BCUT2D eigenvalue weighted by Crippen LogP contribution is 2.23. The summed E-state index contributed by atoms with van der Waals surface area (Å²) in [7, 11) is -1.93. The van der Waals surface area contributed by atoms with Crippen LogP contribution in [0.1, 0.15) is 18.1 Å². The zero-order valence-corrected chi connectivity index (χ0v) is 22.1. The third kappa shape index (κ3) is 5.90. The monoisotopic (exact) mass is 520 g/mol. The molecule has 4 heterocycles. The Morgan fingerprint density at radius 2 is 1.95 bits per heavy atom. The van der Waals surface area contributed by atoms with E-state index >= 15 is 0 Å². The maximum Gasteiger partial charge on any atom is 0.233 e.